The largest absolute Gasteiger partial charge is 0.394 e. The lowest BCUT2D eigenvalue weighted by atomic mass is 9.97. The van der Waals surface area contributed by atoms with Crippen LogP contribution in [0.15, 0.2) is 30.3 Å². The summed E-state index contributed by atoms with van der Waals surface area (Å²) in [6.45, 7) is 3.26. The van der Waals surface area contributed by atoms with E-state index < -0.39 is 35.1 Å². The Balaban J connectivity index is 3.10. The number of hydrogen-bond acceptors (Lipinski definition) is 7. The molecule has 0 spiro atoms. The highest BCUT2D eigenvalue weighted by atomic mass is 32.2. The van der Waals surface area contributed by atoms with Gasteiger partial charge in [0.05, 0.1) is 10.7 Å². The molecule has 0 aliphatic rings. The molecule has 0 saturated heterocycles. The molecule has 0 bridgehead atoms. The van der Waals surface area contributed by atoms with Crippen LogP contribution in [0.25, 0.3) is 0 Å². The SMILES string of the molecule is CCSC(Cc1ccccc1)(SCC)[C@H](O)[C@@H](O)[C@H](O)[C@H](O)CO. The average Bonchev–Trinajstić information content (AvgIpc) is 2.60. The Labute approximate surface area is 152 Å². The monoisotopic (exact) mass is 376 g/mol. The van der Waals surface area contributed by atoms with Crippen LogP contribution in [0, 0.1) is 0 Å². The number of thioether (sulfide) groups is 2. The highest BCUT2D eigenvalue weighted by molar-refractivity contribution is 8.18. The molecule has 0 radical (unpaired) electrons. The topological polar surface area (TPSA) is 101 Å². The molecule has 7 heteroatoms. The fourth-order valence-electron chi connectivity index (χ4n) is 2.57. The fourth-order valence-corrected chi connectivity index (χ4v) is 5.75. The first-order valence-electron chi connectivity index (χ1n) is 8.06. The van der Waals surface area contributed by atoms with Crippen molar-refractivity contribution in [3.63, 3.8) is 0 Å². The van der Waals surface area contributed by atoms with Gasteiger partial charge in [0.25, 0.3) is 0 Å². The molecule has 1 aromatic rings. The van der Waals surface area contributed by atoms with Crippen molar-refractivity contribution < 1.29 is 25.5 Å². The van der Waals surface area contributed by atoms with Crippen molar-refractivity contribution in [2.75, 3.05) is 18.1 Å². The van der Waals surface area contributed by atoms with Gasteiger partial charge in [0.2, 0.25) is 0 Å². The molecule has 0 fully saturated rings. The minimum absolute atomic E-state index is 0.505. The first kappa shape index (κ1) is 21.8. The summed E-state index contributed by atoms with van der Waals surface area (Å²) in [5.74, 6) is 1.45. The van der Waals surface area contributed by atoms with Crippen LogP contribution in [0.1, 0.15) is 19.4 Å². The molecular formula is C17H28O5S2. The summed E-state index contributed by atoms with van der Waals surface area (Å²) in [7, 11) is 0. The smallest absolute Gasteiger partial charge is 0.111 e. The maximum Gasteiger partial charge on any atom is 0.111 e. The van der Waals surface area contributed by atoms with Crippen LogP contribution in [-0.4, -0.2) is 72.1 Å². The molecule has 0 aromatic heterocycles. The lowest BCUT2D eigenvalue weighted by Gasteiger charge is -2.40. The molecule has 138 valence electrons. The van der Waals surface area contributed by atoms with Crippen LogP contribution in [-0.2, 0) is 6.42 Å². The molecule has 0 saturated carbocycles. The van der Waals surface area contributed by atoms with Crippen molar-refractivity contribution in [3.05, 3.63) is 35.9 Å². The molecule has 1 aromatic carbocycles. The summed E-state index contributed by atoms with van der Waals surface area (Å²) in [6, 6.07) is 9.66. The van der Waals surface area contributed by atoms with E-state index in [0.717, 1.165) is 17.1 Å². The Bertz CT molecular complexity index is 454. The second kappa shape index (κ2) is 10.7. The van der Waals surface area contributed by atoms with Crippen molar-refractivity contribution in [1.29, 1.82) is 0 Å². The van der Waals surface area contributed by atoms with E-state index in [0.29, 0.717) is 6.42 Å². The molecule has 0 heterocycles. The van der Waals surface area contributed by atoms with Gasteiger partial charge in [-0.05, 0) is 23.5 Å². The normalized spacial score (nSPS) is 17.3. The van der Waals surface area contributed by atoms with Gasteiger partial charge in [-0.25, -0.2) is 0 Å². The van der Waals surface area contributed by atoms with Crippen LogP contribution < -0.4 is 0 Å². The lowest BCUT2D eigenvalue weighted by Crippen LogP contribution is -2.54. The van der Waals surface area contributed by atoms with Gasteiger partial charge in [-0.15, -0.1) is 23.5 Å². The van der Waals surface area contributed by atoms with E-state index in [1.165, 1.54) is 23.5 Å². The number of aliphatic hydroxyl groups is 5. The van der Waals surface area contributed by atoms with Crippen molar-refractivity contribution >= 4 is 23.5 Å². The Kier molecular flexibility index (Phi) is 9.66. The second-order valence-electron chi connectivity index (χ2n) is 5.52. The lowest BCUT2D eigenvalue weighted by molar-refractivity contribution is -0.116. The van der Waals surface area contributed by atoms with E-state index in [1.807, 2.05) is 44.2 Å². The maximum atomic E-state index is 10.8. The van der Waals surface area contributed by atoms with Gasteiger partial charge < -0.3 is 25.5 Å². The van der Waals surface area contributed by atoms with Gasteiger partial charge >= 0.3 is 0 Å². The molecule has 24 heavy (non-hydrogen) atoms. The third-order valence-corrected chi connectivity index (χ3v) is 6.81. The molecular weight excluding hydrogens is 348 g/mol. The second-order valence-corrected chi connectivity index (χ2v) is 8.96. The minimum Gasteiger partial charge on any atom is -0.394 e. The number of aliphatic hydroxyl groups excluding tert-OH is 5. The Morgan fingerprint density at radius 1 is 0.917 bits per heavy atom. The van der Waals surface area contributed by atoms with E-state index in [4.69, 9.17) is 5.11 Å². The summed E-state index contributed by atoms with van der Waals surface area (Å²) in [4.78, 5) is 0. The quantitative estimate of drug-likeness (QED) is 0.365. The van der Waals surface area contributed by atoms with Gasteiger partial charge in [-0.1, -0.05) is 44.2 Å². The predicted octanol–water partition coefficient (Wildman–Crippen LogP) is 0.867. The molecule has 1 rings (SSSR count). The van der Waals surface area contributed by atoms with E-state index in [1.54, 1.807) is 0 Å². The third-order valence-electron chi connectivity index (χ3n) is 3.78. The highest BCUT2D eigenvalue weighted by Crippen LogP contribution is 2.44. The maximum absolute atomic E-state index is 10.8. The summed E-state index contributed by atoms with van der Waals surface area (Å²) in [5, 5.41) is 49.7. The third kappa shape index (κ3) is 5.62. The number of rotatable bonds is 11. The minimum atomic E-state index is -1.62. The van der Waals surface area contributed by atoms with Gasteiger partial charge in [0.1, 0.15) is 24.4 Å². The van der Waals surface area contributed by atoms with E-state index in [2.05, 4.69) is 0 Å². The summed E-state index contributed by atoms with van der Waals surface area (Å²) >= 11 is 3.03. The summed E-state index contributed by atoms with van der Waals surface area (Å²) < 4.78 is -0.763. The van der Waals surface area contributed by atoms with Crippen molar-refractivity contribution in [3.8, 4) is 0 Å². The zero-order valence-corrected chi connectivity index (χ0v) is 15.7. The zero-order valence-electron chi connectivity index (χ0n) is 14.1. The van der Waals surface area contributed by atoms with Crippen LogP contribution in [0.3, 0.4) is 0 Å². The Hall–Kier alpha value is -0.280. The van der Waals surface area contributed by atoms with Gasteiger partial charge in [-0.2, -0.15) is 0 Å². The fraction of sp³-hybridized carbons (Fsp3) is 0.647. The first-order valence-corrected chi connectivity index (χ1v) is 10.0. The Morgan fingerprint density at radius 3 is 1.92 bits per heavy atom. The number of benzene rings is 1. The first-order chi connectivity index (χ1) is 11.4. The van der Waals surface area contributed by atoms with Gasteiger partial charge in [0.15, 0.2) is 0 Å². The summed E-state index contributed by atoms with van der Waals surface area (Å²) in [6.07, 6.45) is -5.44. The average molecular weight is 377 g/mol. The van der Waals surface area contributed by atoms with E-state index >= 15 is 0 Å². The predicted molar refractivity (Wildman–Crippen MR) is 100 cm³/mol. The van der Waals surface area contributed by atoms with Crippen molar-refractivity contribution in [2.24, 2.45) is 0 Å². The van der Waals surface area contributed by atoms with Gasteiger partial charge in [0, 0.05) is 0 Å². The highest BCUT2D eigenvalue weighted by Gasteiger charge is 2.45. The van der Waals surface area contributed by atoms with E-state index in [9.17, 15) is 20.4 Å². The molecule has 0 aliphatic carbocycles. The molecule has 5 nitrogen and oxygen atoms in total. The van der Waals surface area contributed by atoms with Crippen molar-refractivity contribution in [1.82, 2.24) is 0 Å². The molecule has 0 aliphatic heterocycles. The molecule has 5 N–H and O–H groups in total. The van der Waals surface area contributed by atoms with Gasteiger partial charge in [-0.3, -0.25) is 0 Å². The van der Waals surface area contributed by atoms with Crippen LogP contribution in [0.4, 0.5) is 0 Å². The van der Waals surface area contributed by atoms with Crippen LogP contribution in [0.5, 0.6) is 0 Å². The Morgan fingerprint density at radius 2 is 1.46 bits per heavy atom. The molecule has 0 amide bonds. The standard InChI is InChI=1S/C17H28O5S2/c1-3-23-17(24-4-2,10-12-8-6-5-7-9-12)16(22)15(21)14(20)13(19)11-18/h5-9,13-16,18-22H,3-4,10-11H2,1-2H3/t13-,14-,15+,16-/m1/s1. The summed E-state index contributed by atoms with van der Waals surface area (Å²) in [5.41, 5.74) is 1.02. The number of hydrogen-bond donors (Lipinski definition) is 5. The molecule has 0 unspecified atom stereocenters. The van der Waals surface area contributed by atoms with Crippen LogP contribution in [0.2, 0.25) is 0 Å². The van der Waals surface area contributed by atoms with Crippen LogP contribution >= 0.6 is 23.5 Å². The molecule has 4 atom stereocenters. The van der Waals surface area contributed by atoms with Crippen molar-refractivity contribution in [2.45, 2.75) is 48.8 Å². The zero-order chi connectivity index (χ0) is 18.2. The van der Waals surface area contributed by atoms with E-state index in [-0.39, 0.29) is 0 Å².